The van der Waals surface area contributed by atoms with E-state index in [0.717, 1.165) is 12.1 Å². The number of nitrogens with zero attached hydrogens (tertiary/aromatic N) is 1. The normalized spacial score (nSPS) is 27.2. The first-order valence-electron chi connectivity index (χ1n) is 6.34. The number of thioether (sulfide) groups is 1. The van der Waals surface area contributed by atoms with E-state index in [1.807, 2.05) is 29.2 Å². The van der Waals surface area contributed by atoms with Gasteiger partial charge in [-0.2, -0.15) is 0 Å². The van der Waals surface area contributed by atoms with Crippen molar-refractivity contribution in [2.45, 2.75) is 24.6 Å². The van der Waals surface area contributed by atoms with Gasteiger partial charge in [0, 0.05) is 10.9 Å². The molecule has 2 heterocycles. The van der Waals surface area contributed by atoms with Crippen LogP contribution < -0.4 is 4.90 Å². The zero-order valence-electron chi connectivity index (χ0n) is 11.1. The molecule has 0 aromatic heterocycles. The van der Waals surface area contributed by atoms with Crippen LogP contribution in [0.25, 0.3) is 0 Å². The highest BCUT2D eigenvalue weighted by Gasteiger charge is 2.48. The van der Waals surface area contributed by atoms with E-state index in [-0.39, 0.29) is 39.8 Å². The largest absolute Gasteiger partial charge is 0.316 e. The Morgan fingerprint density at radius 3 is 2.55 bits per heavy atom. The van der Waals surface area contributed by atoms with Crippen LogP contribution in [0, 0.1) is 5.41 Å². The number of aryl methyl sites for hydroxylation is 1. The molecule has 1 aromatic carbocycles. The van der Waals surface area contributed by atoms with Gasteiger partial charge in [0.25, 0.3) is 0 Å². The van der Waals surface area contributed by atoms with Crippen molar-refractivity contribution in [1.29, 1.82) is 5.41 Å². The Hall–Kier alpha value is -0.530. The fourth-order valence-corrected chi connectivity index (χ4v) is 6.49. The molecule has 2 aliphatic heterocycles. The summed E-state index contributed by atoms with van der Waals surface area (Å²) in [5.74, 6) is 0.372. The fraction of sp³-hybridized carbons (Fsp3) is 0.462. The van der Waals surface area contributed by atoms with E-state index in [1.165, 1.54) is 17.3 Å². The lowest BCUT2D eigenvalue weighted by atomic mass is 10.1. The average Bonchev–Trinajstić information content (AvgIpc) is 2.79. The molecule has 0 bridgehead atoms. The van der Waals surface area contributed by atoms with Crippen molar-refractivity contribution in [2.75, 3.05) is 16.4 Å². The maximum atomic E-state index is 11.7. The van der Waals surface area contributed by atoms with E-state index in [9.17, 15) is 8.42 Å². The second kappa shape index (κ2) is 5.69. The van der Waals surface area contributed by atoms with Crippen LogP contribution in [0.4, 0.5) is 5.69 Å². The number of hydrogen-bond donors (Lipinski definition) is 1. The van der Waals surface area contributed by atoms with Crippen molar-refractivity contribution >= 4 is 49.4 Å². The smallest absolute Gasteiger partial charge is 0.161 e. The fourth-order valence-electron chi connectivity index (χ4n) is 2.70. The minimum atomic E-state index is -2.94. The van der Waals surface area contributed by atoms with Crippen LogP contribution in [0.1, 0.15) is 12.5 Å². The Labute approximate surface area is 134 Å². The van der Waals surface area contributed by atoms with Gasteiger partial charge in [0.15, 0.2) is 15.0 Å². The predicted molar refractivity (Wildman–Crippen MR) is 90.2 cm³/mol. The number of hydrogen-bond acceptors (Lipinski definition) is 4. The summed E-state index contributed by atoms with van der Waals surface area (Å²) in [4.78, 5) is 1.87. The second-order valence-electron chi connectivity index (χ2n) is 5.00. The lowest BCUT2D eigenvalue weighted by molar-refractivity contribution is 0.601. The predicted octanol–water partition coefficient (Wildman–Crippen LogP) is 2.48. The molecule has 2 fully saturated rings. The third-order valence-corrected chi connectivity index (χ3v) is 6.84. The molecular weight excluding hydrogens is 360 g/mol. The number of anilines is 1. The van der Waals surface area contributed by atoms with Gasteiger partial charge in [0.1, 0.15) is 0 Å². The van der Waals surface area contributed by atoms with Crippen LogP contribution in [0.2, 0.25) is 0 Å². The summed E-state index contributed by atoms with van der Waals surface area (Å²) in [5.41, 5.74) is 2.18. The van der Waals surface area contributed by atoms with E-state index < -0.39 is 9.84 Å². The molecule has 0 spiro atoms. The van der Waals surface area contributed by atoms with E-state index in [0.29, 0.717) is 5.17 Å². The summed E-state index contributed by atoms with van der Waals surface area (Å²) in [6.07, 6.45) is 0.979. The zero-order chi connectivity index (χ0) is 13.6. The molecule has 0 saturated carbocycles. The molecule has 0 aliphatic carbocycles. The quantitative estimate of drug-likeness (QED) is 0.860. The minimum absolute atomic E-state index is 0. The lowest BCUT2D eigenvalue weighted by Gasteiger charge is -2.24. The standard InChI is InChI=1S/C13H16N2O2S2.BrH/c1-2-9-3-5-10(6-4-9)15-11-7-19(16,17)8-12(11)18-13(15)14;/h3-6,11-12,14H,2,7-8H2,1H3;1H/t11-,12+;/m0./s1. The number of rotatable bonds is 2. The lowest BCUT2D eigenvalue weighted by Crippen LogP contribution is -2.37. The van der Waals surface area contributed by atoms with Crippen LogP contribution >= 0.6 is 28.7 Å². The van der Waals surface area contributed by atoms with E-state index in [4.69, 9.17) is 5.41 Å². The van der Waals surface area contributed by atoms with Gasteiger partial charge in [0.2, 0.25) is 0 Å². The van der Waals surface area contributed by atoms with Gasteiger partial charge in [-0.1, -0.05) is 30.8 Å². The Bertz CT molecular complexity index is 616. The molecule has 110 valence electrons. The van der Waals surface area contributed by atoms with E-state index in [2.05, 4.69) is 6.92 Å². The molecule has 2 saturated heterocycles. The Morgan fingerprint density at radius 1 is 1.30 bits per heavy atom. The Morgan fingerprint density at radius 2 is 1.95 bits per heavy atom. The van der Waals surface area contributed by atoms with Crippen LogP contribution in [0.3, 0.4) is 0 Å². The van der Waals surface area contributed by atoms with Crippen LogP contribution in [0.15, 0.2) is 24.3 Å². The van der Waals surface area contributed by atoms with Gasteiger partial charge in [-0.15, -0.1) is 17.0 Å². The topological polar surface area (TPSA) is 61.2 Å². The highest BCUT2D eigenvalue weighted by Crippen LogP contribution is 2.40. The van der Waals surface area contributed by atoms with Crippen molar-refractivity contribution < 1.29 is 8.42 Å². The van der Waals surface area contributed by atoms with Gasteiger partial charge in [-0.3, -0.25) is 5.41 Å². The van der Waals surface area contributed by atoms with Crippen LogP contribution in [0.5, 0.6) is 0 Å². The summed E-state index contributed by atoms with van der Waals surface area (Å²) < 4.78 is 23.4. The highest BCUT2D eigenvalue weighted by atomic mass is 79.9. The first-order valence-corrected chi connectivity index (χ1v) is 9.04. The molecular formula is C13H17BrN2O2S2. The van der Waals surface area contributed by atoms with Gasteiger partial charge in [-0.05, 0) is 24.1 Å². The van der Waals surface area contributed by atoms with Crippen molar-refractivity contribution in [1.82, 2.24) is 0 Å². The third kappa shape index (κ3) is 2.76. The molecule has 3 rings (SSSR count). The second-order valence-corrected chi connectivity index (χ2v) is 8.38. The zero-order valence-corrected chi connectivity index (χ0v) is 14.4. The molecule has 0 amide bonds. The van der Waals surface area contributed by atoms with Gasteiger partial charge in [0.05, 0.1) is 17.5 Å². The maximum absolute atomic E-state index is 11.7. The molecule has 0 unspecified atom stereocenters. The summed E-state index contributed by atoms with van der Waals surface area (Å²) in [5, 5.41) is 8.55. The van der Waals surface area contributed by atoms with Crippen molar-refractivity contribution in [3.05, 3.63) is 29.8 Å². The number of amidine groups is 1. The molecule has 0 radical (unpaired) electrons. The van der Waals surface area contributed by atoms with Crippen LogP contribution in [-0.2, 0) is 16.3 Å². The molecule has 7 heteroatoms. The minimum Gasteiger partial charge on any atom is -0.316 e. The molecule has 2 atom stereocenters. The molecule has 1 N–H and O–H groups in total. The SMILES string of the molecule is Br.CCc1ccc(N2C(=N)S[C@@H]3CS(=O)(=O)C[C@@H]32)cc1. The molecule has 2 aliphatic rings. The summed E-state index contributed by atoms with van der Waals surface area (Å²) in [6.45, 7) is 2.10. The summed E-state index contributed by atoms with van der Waals surface area (Å²) in [6, 6.07) is 7.99. The van der Waals surface area contributed by atoms with Gasteiger partial charge >= 0.3 is 0 Å². The van der Waals surface area contributed by atoms with Crippen molar-refractivity contribution in [3.8, 4) is 0 Å². The number of halogens is 1. The molecule has 1 aromatic rings. The average molecular weight is 377 g/mol. The first-order chi connectivity index (χ1) is 9.00. The van der Waals surface area contributed by atoms with Gasteiger partial charge < -0.3 is 4.90 Å². The molecule has 4 nitrogen and oxygen atoms in total. The van der Waals surface area contributed by atoms with Gasteiger partial charge in [-0.25, -0.2) is 8.42 Å². The first kappa shape index (κ1) is 15.9. The highest BCUT2D eigenvalue weighted by molar-refractivity contribution is 8.93. The Balaban J connectivity index is 0.00000147. The van der Waals surface area contributed by atoms with Crippen LogP contribution in [-0.4, -0.2) is 36.4 Å². The Kier molecular flexibility index (Phi) is 4.51. The summed E-state index contributed by atoms with van der Waals surface area (Å²) in [7, 11) is -2.94. The van der Waals surface area contributed by atoms with E-state index in [1.54, 1.807) is 0 Å². The number of sulfone groups is 1. The van der Waals surface area contributed by atoms with E-state index >= 15 is 0 Å². The summed E-state index contributed by atoms with van der Waals surface area (Å²) >= 11 is 1.38. The number of benzene rings is 1. The van der Waals surface area contributed by atoms with Crippen molar-refractivity contribution in [3.63, 3.8) is 0 Å². The number of fused-ring (bicyclic) bond motifs is 1. The third-order valence-electron chi connectivity index (χ3n) is 3.71. The van der Waals surface area contributed by atoms with Crippen molar-refractivity contribution in [2.24, 2.45) is 0 Å². The number of nitrogens with one attached hydrogen (secondary N) is 1. The maximum Gasteiger partial charge on any atom is 0.161 e. The monoisotopic (exact) mass is 376 g/mol. The molecule has 20 heavy (non-hydrogen) atoms.